The first kappa shape index (κ1) is 11.5. The van der Waals surface area contributed by atoms with Crippen molar-refractivity contribution in [3.8, 4) is 5.88 Å². The molecule has 1 aromatic carbocycles. The maximum atomic E-state index is 11.8. The highest BCUT2D eigenvalue weighted by atomic mass is 35.5. The van der Waals surface area contributed by atoms with Gasteiger partial charge in [0.25, 0.3) is 0 Å². The molecular weight excluding hydrogens is 246 g/mol. The number of pyridine rings is 1. The fourth-order valence-electron chi connectivity index (χ4n) is 1.68. The van der Waals surface area contributed by atoms with Gasteiger partial charge in [-0.1, -0.05) is 11.6 Å². The number of benzene rings is 1. The van der Waals surface area contributed by atoms with Crippen LogP contribution in [0.15, 0.2) is 23.0 Å². The topological polar surface area (TPSA) is 79.4 Å². The van der Waals surface area contributed by atoms with E-state index in [0.717, 1.165) is 11.6 Å². The highest BCUT2D eigenvalue weighted by Gasteiger charge is 2.09. The lowest BCUT2D eigenvalue weighted by Crippen LogP contribution is -2.10. The molecule has 2 N–H and O–H groups in total. The Labute approximate surface area is 101 Å². The zero-order valence-electron chi connectivity index (χ0n) is 8.78. The average Bonchev–Trinajstić information content (AvgIpc) is 2.13. The number of carboxylic acid groups (broad SMARTS) is 1. The molecule has 6 heteroatoms. The molecule has 0 saturated heterocycles. The molecule has 0 atom stereocenters. The van der Waals surface area contributed by atoms with Gasteiger partial charge in [-0.15, -0.1) is 0 Å². The summed E-state index contributed by atoms with van der Waals surface area (Å²) in [5.41, 5.74) is 0.846. The first-order chi connectivity index (χ1) is 7.97. The van der Waals surface area contributed by atoms with Crippen LogP contribution in [-0.4, -0.2) is 16.2 Å². The van der Waals surface area contributed by atoms with E-state index in [-0.39, 0.29) is 11.3 Å². The van der Waals surface area contributed by atoms with E-state index in [1.165, 1.54) is 0 Å². The third kappa shape index (κ3) is 2.24. The second kappa shape index (κ2) is 4.10. The van der Waals surface area contributed by atoms with Crippen LogP contribution in [0.1, 0.15) is 5.56 Å². The van der Waals surface area contributed by atoms with Gasteiger partial charge in [0.15, 0.2) is 5.43 Å². The predicted octanol–water partition coefficient (Wildman–Crippen LogP) is 2.55. The Morgan fingerprint density at radius 1 is 1.41 bits per heavy atom. The first-order valence-electron chi connectivity index (χ1n) is 4.71. The van der Waals surface area contributed by atoms with Gasteiger partial charge < -0.3 is 14.8 Å². The molecule has 0 amide bonds. The van der Waals surface area contributed by atoms with Crippen molar-refractivity contribution in [3.05, 3.63) is 39.0 Å². The number of aromatic nitrogens is 1. The largest absolute Gasteiger partial charge is 0.512 e. The summed E-state index contributed by atoms with van der Waals surface area (Å²) >= 11 is 5.86. The van der Waals surface area contributed by atoms with E-state index in [1.54, 1.807) is 19.1 Å². The summed E-state index contributed by atoms with van der Waals surface area (Å²) in [6, 6.07) is 4.30. The number of aryl methyl sites for hydroxylation is 1. The molecule has 0 spiro atoms. The molecule has 88 valence electrons. The third-order valence-corrected chi connectivity index (χ3v) is 2.48. The summed E-state index contributed by atoms with van der Waals surface area (Å²) in [6.07, 6.45) is -1.49. The Kier molecular flexibility index (Phi) is 2.77. The van der Waals surface area contributed by atoms with E-state index in [9.17, 15) is 9.59 Å². The van der Waals surface area contributed by atoms with Crippen molar-refractivity contribution >= 4 is 28.7 Å². The lowest BCUT2D eigenvalue weighted by molar-refractivity contribution is 0.142. The van der Waals surface area contributed by atoms with Gasteiger partial charge in [-0.25, -0.2) is 4.79 Å². The van der Waals surface area contributed by atoms with Crippen molar-refractivity contribution in [2.24, 2.45) is 0 Å². The van der Waals surface area contributed by atoms with E-state index >= 15 is 0 Å². The van der Waals surface area contributed by atoms with Gasteiger partial charge in [-0.05, 0) is 24.6 Å². The van der Waals surface area contributed by atoms with Crippen LogP contribution >= 0.6 is 11.6 Å². The van der Waals surface area contributed by atoms with Gasteiger partial charge in [-0.3, -0.25) is 4.79 Å². The predicted molar refractivity (Wildman–Crippen MR) is 63.0 cm³/mol. The van der Waals surface area contributed by atoms with Crippen molar-refractivity contribution in [1.82, 2.24) is 4.98 Å². The van der Waals surface area contributed by atoms with E-state index in [1.807, 2.05) is 0 Å². The quantitative estimate of drug-likeness (QED) is 0.766. The number of fused-ring (bicyclic) bond motifs is 1. The maximum Gasteiger partial charge on any atom is 0.512 e. The van der Waals surface area contributed by atoms with Crippen molar-refractivity contribution in [1.29, 1.82) is 0 Å². The third-order valence-electron chi connectivity index (χ3n) is 2.26. The van der Waals surface area contributed by atoms with Crippen molar-refractivity contribution in [2.75, 3.05) is 0 Å². The highest BCUT2D eigenvalue weighted by Crippen LogP contribution is 2.21. The number of aromatic amines is 1. The van der Waals surface area contributed by atoms with Crippen LogP contribution in [0.5, 0.6) is 5.88 Å². The first-order valence-corrected chi connectivity index (χ1v) is 5.09. The number of hydrogen-bond donors (Lipinski definition) is 2. The second-order valence-corrected chi connectivity index (χ2v) is 3.95. The molecule has 1 aromatic heterocycles. The summed E-state index contributed by atoms with van der Waals surface area (Å²) < 4.78 is 4.40. The minimum atomic E-state index is -1.49. The number of rotatable bonds is 1. The number of halogens is 1. The molecule has 2 aromatic rings. The molecule has 0 aliphatic heterocycles. The summed E-state index contributed by atoms with van der Waals surface area (Å²) in [5.74, 6) is -0.128. The zero-order valence-corrected chi connectivity index (χ0v) is 9.54. The molecule has 1 heterocycles. The Morgan fingerprint density at radius 2 is 2.12 bits per heavy atom. The van der Waals surface area contributed by atoms with Crippen LogP contribution in [0.4, 0.5) is 4.79 Å². The Hall–Kier alpha value is -2.01. The fourth-order valence-corrected chi connectivity index (χ4v) is 1.95. The molecule has 0 bridgehead atoms. The summed E-state index contributed by atoms with van der Waals surface area (Å²) in [7, 11) is 0. The Balaban J connectivity index is 2.73. The fraction of sp³-hybridized carbons (Fsp3) is 0.0909. The van der Waals surface area contributed by atoms with E-state index in [0.29, 0.717) is 15.9 Å². The minimum absolute atomic E-state index is 0.128. The number of H-pyrrole nitrogens is 1. The van der Waals surface area contributed by atoms with Crippen LogP contribution in [0, 0.1) is 6.92 Å². The Morgan fingerprint density at radius 3 is 2.76 bits per heavy atom. The monoisotopic (exact) mass is 253 g/mol. The molecule has 2 rings (SSSR count). The zero-order chi connectivity index (χ0) is 12.6. The molecule has 0 aliphatic carbocycles. The summed E-state index contributed by atoms with van der Waals surface area (Å²) in [5, 5.41) is 9.39. The number of hydrogen-bond acceptors (Lipinski definition) is 3. The minimum Gasteiger partial charge on any atom is -0.449 e. The number of ether oxygens (including phenoxy) is 1. The molecule has 5 nitrogen and oxygen atoms in total. The van der Waals surface area contributed by atoms with Crippen LogP contribution < -0.4 is 10.2 Å². The van der Waals surface area contributed by atoms with Gasteiger partial charge >= 0.3 is 6.16 Å². The number of carbonyl (C=O) groups is 1. The van der Waals surface area contributed by atoms with Gasteiger partial charge in [0.1, 0.15) is 0 Å². The highest BCUT2D eigenvalue weighted by molar-refractivity contribution is 6.31. The van der Waals surface area contributed by atoms with E-state index in [2.05, 4.69) is 9.72 Å². The van der Waals surface area contributed by atoms with E-state index < -0.39 is 6.16 Å². The normalized spacial score (nSPS) is 10.5. The lowest BCUT2D eigenvalue weighted by Gasteiger charge is -2.05. The smallest absolute Gasteiger partial charge is 0.449 e. The molecule has 17 heavy (non-hydrogen) atoms. The Bertz CT molecular complexity index is 662. The number of nitrogens with one attached hydrogen (secondary N) is 1. The second-order valence-electron chi connectivity index (χ2n) is 3.51. The standard InChI is InChI=1S/C11H8ClNO4/c1-5-2-6(12)3-7-10(5)8(14)4-9(13-7)17-11(15)16/h2-4H,1H3,(H,13,14)(H,15,16). The van der Waals surface area contributed by atoms with Gasteiger partial charge in [0.2, 0.25) is 5.88 Å². The molecule has 0 unspecified atom stereocenters. The van der Waals surface area contributed by atoms with Crippen LogP contribution in [0.2, 0.25) is 5.02 Å². The van der Waals surface area contributed by atoms with E-state index in [4.69, 9.17) is 16.7 Å². The summed E-state index contributed by atoms with van der Waals surface area (Å²) in [6.45, 7) is 1.75. The molecule has 0 aliphatic rings. The summed E-state index contributed by atoms with van der Waals surface area (Å²) in [4.78, 5) is 24.8. The van der Waals surface area contributed by atoms with Crippen molar-refractivity contribution < 1.29 is 14.6 Å². The van der Waals surface area contributed by atoms with Gasteiger partial charge in [-0.2, -0.15) is 0 Å². The molecule has 0 fully saturated rings. The van der Waals surface area contributed by atoms with Gasteiger partial charge in [0.05, 0.1) is 5.52 Å². The van der Waals surface area contributed by atoms with Crippen molar-refractivity contribution in [3.63, 3.8) is 0 Å². The molecule has 0 radical (unpaired) electrons. The molecule has 0 saturated carbocycles. The van der Waals surface area contributed by atoms with Crippen molar-refractivity contribution in [2.45, 2.75) is 6.92 Å². The van der Waals surface area contributed by atoms with Crippen LogP contribution in [0.3, 0.4) is 0 Å². The maximum absolute atomic E-state index is 11.8. The lowest BCUT2D eigenvalue weighted by atomic mass is 10.1. The van der Waals surface area contributed by atoms with Crippen LogP contribution in [-0.2, 0) is 0 Å². The SMILES string of the molecule is Cc1cc(Cl)cc2[nH]c(OC(=O)O)cc(=O)c12. The molecular formula is C11H8ClNO4. The van der Waals surface area contributed by atoms with Gasteiger partial charge in [0, 0.05) is 16.5 Å². The average molecular weight is 254 g/mol. The van der Waals surface area contributed by atoms with Crippen LogP contribution in [0.25, 0.3) is 10.9 Å².